The van der Waals surface area contributed by atoms with E-state index in [9.17, 15) is 9.59 Å². The number of amides is 4. The topological polar surface area (TPSA) is 85.9 Å². The standard InChI is InChI=1S/C27H30ClN5O3/c1-18-5-4-6-19(2)25(18)31-27(35)33-15-13-32(14-16-33)22-10-8-21(9-11-22)29-26(34)30-23-17-20(28)7-12-24(23)36-3/h4-12,17H,13-16H2,1-3H3,(H,31,35)(H2,29,30,34). The van der Waals surface area contributed by atoms with Gasteiger partial charge in [0.05, 0.1) is 12.8 Å². The Balaban J connectivity index is 1.29. The number of aryl methyl sites for hydroxylation is 2. The van der Waals surface area contributed by atoms with Gasteiger partial charge in [0.15, 0.2) is 0 Å². The zero-order valence-electron chi connectivity index (χ0n) is 20.6. The molecule has 8 nitrogen and oxygen atoms in total. The monoisotopic (exact) mass is 507 g/mol. The first-order valence-corrected chi connectivity index (χ1v) is 12.1. The fraction of sp³-hybridized carbons (Fsp3) is 0.259. The van der Waals surface area contributed by atoms with E-state index < -0.39 is 6.03 Å². The number of carbonyl (C=O) groups excluding carboxylic acids is 2. The molecule has 1 heterocycles. The molecule has 1 aliphatic heterocycles. The molecule has 0 saturated carbocycles. The molecule has 1 fully saturated rings. The molecule has 0 unspecified atom stereocenters. The lowest BCUT2D eigenvalue weighted by atomic mass is 10.1. The lowest BCUT2D eigenvalue weighted by Crippen LogP contribution is -2.50. The third-order valence-corrected chi connectivity index (χ3v) is 6.42. The van der Waals surface area contributed by atoms with Crippen LogP contribution in [-0.4, -0.2) is 50.3 Å². The Morgan fingerprint density at radius 3 is 2.17 bits per heavy atom. The molecule has 1 saturated heterocycles. The van der Waals surface area contributed by atoms with E-state index in [-0.39, 0.29) is 6.03 Å². The normalized spacial score (nSPS) is 13.2. The predicted molar refractivity (Wildman–Crippen MR) is 146 cm³/mol. The van der Waals surface area contributed by atoms with Crippen molar-refractivity contribution < 1.29 is 14.3 Å². The summed E-state index contributed by atoms with van der Waals surface area (Å²) in [6.07, 6.45) is 0. The Hall–Kier alpha value is -3.91. The van der Waals surface area contributed by atoms with E-state index in [2.05, 4.69) is 20.9 Å². The maximum atomic E-state index is 12.8. The summed E-state index contributed by atoms with van der Waals surface area (Å²) in [5.41, 5.74) is 5.16. The highest BCUT2D eigenvalue weighted by Crippen LogP contribution is 2.28. The third kappa shape index (κ3) is 6.01. The van der Waals surface area contributed by atoms with Gasteiger partial charge in [0.2, 0.25) is 0 Å². The second kappa shape index (κ2) is 11.2. The Labute approximate surface area is 216 Å². The van der Waals surface area contributed by atoms with Gasteiger partial charge in [0.25, 0.3) is 0 Å². The number of benzene rings is 3. The SMILES string of the molecule is COc1ccc(Cl)cc1NC(=O)Nc1ccc(N2CCN(C(=O)Nc3c(C)cccc3C)CC2)cc1. The van der Waals surface area contributed by atoms with E-state index in [4.69, 9.17) is 16.3 Å². The van der Waals surface area contributed by atoms with Crippen molar-refractivity contribution in [1.82, 2.24) is 4.90 Å². The molecule has 4 rings (SSSR count). The summed E-state index contributed by atoms with van der Waals surface area (Å²) in [4.78, 5) is 29.3. The van der Waals surface area contributed by atoms with Gasteiger partial charge in [-0.15, -0.1) is 0 Å². The maximum Gasteiger partial charge on any atom is 0.323 e. The second-order valence-electron chi connectivity index (χ2n) is 8.64. The molecule has 3 aromatic rings. The molecule has 188 valence electrons. The molecule has 0 aliphatic carbocycles. The number of anilines is 4. The van der Waals surface area contributed by atoms with Crippen molar-refractivity contribution in [3.8, 4) is 5.75 Å². The van der Waals surface area contributed by atoms with Crippen LogP contribution in [-0.2, 0) is 0 Å². The minimum absolute atomic E-state index is 0.0751. The summed E-state index contributed by atoms with van der Waals surface area (Å²) in [5, 5.41) is 9.13. The molecule has 3 aromatic carbocycles. The quantitative estimate of drug-likeness (QED) is 0.397. The van der Waals surface area contributed by atoms with Crippen molar-refractivity contribution in [1.29, 1.82) is 0 Å². The minimum atomic E-state index is -0.396. The molecule has 0 radical (unpaired) electrons. The molecule has 36 heavy (non-hydrogen) atoms. The van der Waals surface area contributed by atoms with E-state index in [1.165, 1.54) is 7.11 Å². The van der Waals surface area contributed by atoms with Crippen LogP contribution in [0.1, 0.15) is 11.1 Å². The van der Waals surface area contributed by atoms with Crippen LogP contribution in [0.3, 0.4) is 0 Å². The highest BCUT2D eigenvalue weighted by molar-refractivity contribution is 6.31. The smallest absolute Gasteiger partial charge is 0.323 e. The Morgan fingerprint density at radius 2 is 1.53 bits per heavy atom. The van der Waals surface area contributed by atoms with Crippen molar-refractivity contribution in [2.45, 2.75) is 13.8 Å². The molecule has 0 bridgehead atoms. The second-order valence-corrected chi connectivity index (χ2v) is 9.08. The van der Waals surface area contributed by atoms with Crippen molar-refractivity contribution in [2.24, 2.45) is 0 Å². The molecule has 0 atom stereocenters. The van der Waals surface area contributed by atoms with Gasteiger partial charge in [0.1, 0.15) is 5.75 Å². The first-order chi connectivity index (χ1) is 17.3. The van der Waals surface area contributed by atoms with E-state index in [0.29, 0.717) is 35.2 Å². The number of hydrogen-bond donors (Lipinski definition) is 3. The Morgan fingerprint density at radius 1 is 0.861 bits per heavy atom. The number of piperazine rings is 1. The summed E-state index contributed by atoms with van der Waals surface area (Å²) in [6, 6.07) is 18.2. The maximum absolute atomic E-state index is 12.8. The summed E-state index contributed by atoms with van der Waals surface area (Å²) < 4.78 is 5.26. The minimum Gasteiger partial charge on any atom is -0.495 e. The van der Waals surface area contributed by atoms with Crippen LogP contribution in [0.15, 0.2) is 60.7 Å². The average molecular weight is 508 g/mol. The van der Waals surface area contributed by atoms with Crippen molar-refractivity contribution in [3.05, 3.63) is 76.8 Å². The lowest BCUT2D eigenvalue weighted by Gasteiger charge is -2.36. The summed E-state index contributed by atoms with van der Waals surface area (Å²) in [5.74, 6) is 0.520. The van der Waals surface area contributed by atoms with Gasteiger partial charge in [-0.2, -0.15) is 0 Å². The molecule has 3 N–H and O–H groups in total. The van der Waals surface area contributed by atoms with E-state index in [1.54, 1.807) is 18.2 Å². The fourth-order valence-corrected chi connectivity index (χ4v) is 4.36. The number of para-hydroxylation sites is 1. The molecular weight excluding hydrogens is 478 g/mol. The number of nitrogens with zero attached hydrogens (tertiary/aromatic N) is 2. The molecule has 4 amide bonds. The summed E-state index contributed by atoms with van der Waals surface area (Å²) in [7, 11) is 1.53. The van der Waals surface area contributed by atoms with E-state index in [1.807, 2.05) is 61.2 Å². The van der Waals surface area contributed by atoms with E-state index in [0.717, 1.165) is 35.6 Å². The number of urea groups is 2. The van der Waals surface area contributed by atoms with Gasteiger partial charge in [0, 0.05) is 48.3 Å². The third-order valence-electron chi connectivity index (χ3n) is 6.18. The molecule has 0 spiro atoms. The first kappa shape index (κ1) is 25.2. The number of hydrogen-bond acceptors (Lipinski definition) is 4. The Kier molecular flexibility index (Phi) is 7.85. The van der Waals surface area contributed by atoms with Gasteiger partial charge in [-0.05, 0) is 67.4 Å². The average Bonchev–Trinajstić information content (AvgIpc) is 2.87. The van der Waals surface area contributed by atoms with Crippen molar-refractivity contribution in [2.75, 3.05) is 54.1 Å². The molecule has 1 aliphatic rings. The lowest BCUT2D eigenvalue weighted by molar-refractivity contribution is 0.208. The molecule has 9 heteroatoms. The summed E-state index contributed by atoms with van der Waals surface area (Å²) in [6.45, 7) is 6.69. The van der Waals surface area contributed by atoms with Crippen LogP contribution in [0.2, 0.25) is 5.02 Å². The highest BCUT2D eigenvalue weighted by Gasteiger charge is 2.22. The highest BCUT2D eigenvalue weighted by atomic mass is 35.5. The number of ether oxygens (including phenoxy) is 1. The van der Waals surface area contributed by atoms with Crippen molar-refractivity contribution >= 4 is 46.4 Å². The fourth-order valence-electron chi connectivity index (χ4n) is 4.18. The van der Waals surface area contributed by atoms with Crippen molar-refractivity contribution in [3.63, 3.8) is 0 Å². The van der Waals surface area contributed by atoms with E-state index >= 15 is 0 Å². The van der Waals surface area contributed by atoms with Crippen LogP contribution in [0.5, 0.6) is 5.75 Å². The molecular formula is C27H30ClN5O3. The van der Waals surface area contributed by atoms with Gasteiger partial charge < -0.3 is 30.5 Å². The van der Waals surface area contributed by atoms with Crippen LogP contribution < -0.4 is 25.6 Å². The van der Waals surface area contributed by atoms with Crippen LogP contribution in [0, 0.1) is 13.8 Å². The Bertz CT molecular complexity index is 1220. The number of halogens is 1. The number of methoxy groups -OCH3 is 1. The number of carbonyl (C=O) groups is 2. The van der Waals surface area contributed by atoms with Crippen LogP contribution >= 0.6 is 11.6 Å². The van der Waals surface area contributed by atoms with Crippen LogP contribution in [0.4, 0.5) is 32.3 Å². The summed E-state index contributed by atoms with van der Waals surface area (Å²) >= 11 is 6.03. The van der Waals surface area contributed by atoms with Crippen LogP contribution in [0.25, 0.3) is 0 Å². The van der Waals surface area contributed by atoms with Gasteiger partial charge in [-0.25, -0.2) is 9.59 Å². The molecule has 0 aromatic heterocycles. The van der Waals surface area contributed by atoms with Gasteiger partial charge >= 0.3 is 12.1 Å². The van der Waals surface area contributed by atoms with Gasteiger partial charge in [-0.1, -0.05) is 29.8 Å². The number of rotatable bonds is 5. The zero-order chi connectivity index (χ0) is 25.7. The first-order valence-electron chi connectivity index (χ1n) is 11.7. The zero-order valence-corrected chi connectivity index (χ0v) is 21.4. The largest absolute Gasteiger partial charge is 0.495 e. The number of nitrogens with one attached hydrogen (secondary N) is 3. The van der Waals surface area contributed by atoms with Gasteiger partial charge in [-0.3, -0.25) is 0 Å². The predicted octanol–water partition coefficient (Wildman–Crippen LogP) is 5.96.